The van der Waals surface area contributed by atoms with Gasteiger partial charge in [-0.3, -0.25) is 4.79 Å². The van der Waals surface area contributed by atoms with Crippen LogP contribution in [0.3, 0.4) is 0 Å². The smallest absolute Gasteiger partial charge is 0.315 e. The van der Waals surface area contributed by atoms with Gasteiger partial charge in [0.05, 0.1) is 12.5 Å². The van der Waals surface area contributed by atoms with Crippen LogP contribution in [0.25, 0.3) is 11.1 Å². The Morgan fingerprint density at radius 2 is 1.71 bits per heavy atom. The molecular weight excluding hydrogens is 260 g/mol. The highest BCUT2D eigenvalue weighted by molar-refractivity contribution is 5.82. The molecule has 0 aliphatic rings. The average Bonchev–Trinajstić information content (AvgIpc) is 2.54. The van der Waals surface area contributed by atoms with Crippen LogP contribution in [0.2, 0.25) is 0 Å². The van der Waals surface area contributed by atoms with Crippen molar-refractivity contribution in [3.63, 3.8) is 0 Å². The highest BCUT2D eigenvalue weighted by atomic mass is 16.5. The summed E-state index contributed by atoms with van der Waals surface area (Å²) in [6, 6.07) is 16.6. The average molecular weight is 282 g/mol. The van der Waals surface area contributed by atoms with Crippen LogP contribution in [-0.2, 0) is 21.4 Å². The SMILES string of the molecule is CCc1ccc(-c2cccc(C(C)(C)C(=O)OC)c2)cc1. The van der Waals surface area contributed by atoms with Crippen LogP contribution in [-0.4, -0.2) is 13.1 Å². The Hall–Kier alpha value is -2.09. The summed E-state index contributed by atoms with van der Waals surface area (Å²) in [5, 5.41) is 0. The summed E-state index contributed by atoms with van der Waals surface area (Å²) < 4.78 is 4.91. The van der Waals surface area contributed by atoms with E-state index >= 15 is 0 Å². The molecule has 0 saturated carbocycles. The summed E-state index contributed by atoms with van der Waals surface area (Å²) in [7, 11) is 1.43. The maximum atomic E-state index is 11.9. The topological polar surface area (TPSA) is 26.3 Å². The first-order valence-corrected chi connectivity index (χ1v) is 7.27. The summed E-state index contributed by atoms with van der Waals surface area (Å²) in [5.41, 5.74) is 3.92. The van der Waals surface area contributed by atoms with E-state index in [1.54, 1.807) is 0 Å². The first kappa shape index (κ1) is 15.3. The molecule has 0 aliphatic heterocycles. The van der Waals surface area contributed by atoms with E-state index in [9.17, 15) is 4.79 Å². The number of methoxy groups -OCH3 is 1. The molecule has 21 heavy (non-hydrogen) atoms. The minimum Gasteiger partial charge on any atom is -0.468 e. The number of esters is 1. The number of benzene rings is 2. The zero-order chi connectivity index (χ0) is 15.5. The number of hydrogen-bond acceptors (Lipinski definition) is 2. The molecule has 0 N–H and O–H groups in total. The second kappa shape index (κ2) is 6.13. The van der Waals surface area contributed by atoms with Crippen LogP contribution >= 0.6 is 0 Å². The van der Waals surface area contributed by atoms with Crippen molar-refractivity contribution in [2.75, 3.05) is 7.11 Å². The fraction of sp³-hybridized carbons (Fsp3) is 0.316. The lowest BCUT2D eigenvalue weighted by Crippen LogP contribution is -2.30. The van der Waals surface area contributed by atoms with Crippen molar-refractivity contribution >= 4 is 5.97 Å². The van der Waals surface area contributed by atoms with E-state index in [1.807, 2.05) is 26.0 Å². The molecule has 0 aromatic heterocycles. The molecule has 110 valence electrons. The maximum Gasteiger partial charge on any atom is 0.315 e. The van der Waals surface area contributed by atoms with E-state index in [1.165, 1.54) is 12.7 Å². The molecule has 0 heterocycles. The molecule has 0 fully saturated rings. The Morgan fingerprint density at radius 3 is 2.29 bits per heavy atom. The lowest BCUT2D eigenvalue weighted by atomic mass is 9.83. The minimum absolute atomic E-state index is 0.221. The van der Waals surface area contributed by atoms with Crippen molar-refractivity contribution < 1.29 is 9.53 Å². The van der Waals surface area contributed by atoms with Crippen LogP contribution in [0.15, 0.2) is 48.5 Å². The van der Waals surface area contributed by atoms with Crippen molar-refractivity contribution in [1.82, 2.24) is 0 Å². The first-order chi connectivity index (χ1) is 9.98. The van der Waals surface area contributed by atoms with Crippen molar-refractivity contribution in [2.24, 2.45) is 0 Å². The van der Waals surface area contributed by atoms with Gasteiger partial charge < -0.3 is 4.74 Å². The van der Waals surface area contributed by atoms with Gasteiger partial charge in [0, 0.05) is 0 Å². The van der Waals surface area contributed by atoms with E-state index < -0.39 is 5.41 Å². The largest absolute Gasteiger partial charge is 0.468 e. The van der Waals surface area contributed by atoms with E-state index in [0.717, 1.165) is 23.1 Å². The third-order valence-corrected chi connectivity index (χ3v) is 3.98. The summed E-state index contributed by atoms with van der Waals surface area (Å²) in [4.78, 5) is 11.9. The zero-order valence-electron chi connectivity index (χ0n) is 13.1. The Kier molecular flexibility index (Phi) is 4.46. The standard InChI is InChI=1S/C19H22O2/c1-5-14-9-11-15(12-10-14)16-7-6-8-17(13-16)19(2,3)18(20)21-4/h6-13H,5H2,1-4H3. The van der Waals surface area contributed by atoms with Gasteiger partial charge in [-0.15, -0.1) is 0 Å². The minimum atomic E-state index is -0.645. The lowest BCUT2D eigenvalue weighted by molar-refractivity contribution is -0.146. The van der Waals surface area contributed by atoms with Crippen molar-refractivity contribution in [2.45, 2.75) is 32.6 Å². The van der Waals surface area contributed by atoms with E-state index in [0.29, 0.717) is 0 Å². The van der Waals surface area contributed by atoms with Crippen LogP contribution in [0, 0.1) is 0 Å². The van der Waals surface area contributed by atoms with E-state index in [4.69, 9.17) is 4.74 Å². The molecule has 2 nitrogen and oxygen atoms in total. The number of carbonyl (C=O) groups is 1. The highest BCUT2D eigenvalue weighted by Gasteiger charge is 2.30. The quantitative estimate of drug-likeness (QED) is 0.778. The molecule has 0 spiro atoms. The third-order valence-electron chi connectivity index (χ3n) is 3.98. The van der Waals surface area contributed by atoms with Crippen LogP contribution in [0.4, 0.5) is 0 Å². The fourth-order valence-electron chi connectivity index (χ4n) is 2.39. The van der Waals surface area contributed by atoms with Gasteiger partial charge in [-0.2, -0.15) is 0 Å². The number of carbonyl (C=O) groups excluding carboxylic acids is 1. The van der Waals surface area contributed by atoms with E-state index in [-0.39, 0.29) is 5.97 Å². The molecule has 2 rings (SSSR count). The molecule has 0 bridgehead atoms. The highest BCUT2D eigenvalue weighted by Crippen LogP contribution is 2.29. The molecule has 2 aromatic rings. The van der Waals surface area contributed by atoms with Crippen molar-refractivity contribution in [3.05, 3.63) is 59.7 Å². The van der Waals surface area contributed by atoms with Gasteiger partial charge in [0.1, 0.15) is 0 Å². The monoisotopic (exact) mass is 282 g/mol. The maximum absolute atomic E-state index is 11.9. The molecule has 0 saturated heterocycles. The number of rotatable bonds is 4. The van der Waals surface area contributed by atoms with Gasteiger partial charge in [-0.25, -0.2) is 0 Å². The second-order valence-electron chi connectivity index (χ2n) is 5.75. The Balaban J connectivity index is 2.39. The fourth-order valence-corrected chi connectivity index (χ4v) is 2.39. The molecule has 2 aromatic carbocycles. The van der Waals surface area contributed by atoms with Gasteiger partial charge in [0.2, 0.25) is 0 Å². The van der Waals surface area contributed by atoms with Gasteiger partial charge >= 0.3 is 5.97 Å². The van der Waals surface area contributed by atoms with Crippen molar-refractivity contribution in [3.8, 4) is 11.1 Å². The van der Waals surface area contributed by atoms with E-state index in [2.05, 4.69) is 43.3 Å². The van der Waals surface area contributed by atoms with Crippen molar-refractivity contribution in [1.29, 1.82) is 0 Å². The summed E-state index contributed by atoms with van der Waals surface area (Å²) in [6.45, 7) is 5.92. The Bertz CT molecular complexity index is 624. The summed E-state index contributed by atoms with van der Waals surface area (Å²) in [5.74, 6) is -0.221. The first-order valence-electron chi connectivity index (χ1n) is 7.27. The van der Waals surface area contributed by atoms with Gasteiger partial charge in [-0.05, 0) is 42.5 Å². The van der Waals surface area contributed by atoms with Crippen LogP contribution < -0.4 is 0 Å². The third kappa shape index (κ3) is 3.15. The molecule has 0 radical (unpaired) electrons. The number of ether oxygens (including phenoxy) is 1. The lowest BCUT2D eigenvalue weighted by Gasteiger charge is -2.22. The second-order valence-corrected chi connectivity index (χ2v) is 5.75. The zero-order valence-corrected chi connectivity index (χ0v) is 13.1. The molecule has 2 heteroatoms. The predicted molar refractivity (Wildman–Crippen MR) is 86.3 cm³/mol. The molecule has 0 unspecified atom stereocenters. The van der Waals surface area contributed by atoms with Gasteiger partial charge in [0.15, 0.2) is 0 Å². The molecular formula is C19H22O2. The number of aryl methyl sites for hydroxylation is 1. The Labute approximate surface area is 126 Å². The summed E-state index contributed by atoms with van der Waals surface area (Å²) >= 11 is 0. The number of hydrogen-bond donors (Lipinski definition) is 0. The Morgan fingerprint density at radius 1 is 1.05 bits per heavy atom. The molecule has 0 amide bonds. The molecule has 0 atom stereocenters. The van der Waals surface area contributed by atoms with Gasteiger partial charge in [-0.1, -0.05) is 55.5 Å². The van der Waals surface area contributed by atoms with Crippen LogP contribution in [0.1, 0.15) is 31.9 Å². The normalized spacial score (nSPS) is 11.2. The molecule has 0 aliphatic carbocycles. The predicted octanol–water partition coefficient (Wildman–Crippen LogP) is 4.37. The van der Waals surface area contributed by atoms with Crippen LogP contribution in [0.5, 0.6) is 0 Å². The van der Waals surface area contributed by atoms with Gasteiger partial charge in [0.25, 0.3) is 0 Å². The summed E-state index contributed by atoms with van der Waals surface area (Å²) in [6.07, 6.45) is 1.04.